The first-order valence-electron chi connectivity index (χ1n) is 3.96. The molecule has 12 heavy (non-hydrogen) atoms. The van der Waals surface area contributed by atoms with Crippen LogP contribution in [0.5, 0.6) is 0 Å². The summed E-state index contributed by atoms with van der Waals surface area (Å²) in [6.45, 7) is 2.88. The van der Waals surface area contributed by atoms with E-state index in [0.29, 0.717) is 5.82 Å². The predicted molar refractivity (Wildman–Crippen MR) is 43.9 cm³/mol. The Morgan fingerprint density at radius 3 is 3.08 bits per heavy atom. The van der Waals surface area contributed by atoms with Crippen molar-refractivity contribution in [2.75, 3.05) is 0 Å². The third kappa shape index (κ3) is 2.08. The van der Waals surface area contributed by atoms with E-state index >= 15 is 0 Å². The fraction of sp³-hybridized carbons (Fsp3) is 0.500. The van der Waals surface area contributed by atoms with Gasteiger partial charge in [0.1, 0.15) is 12.2 Å². The van der Waals surface area contributed by atoms with Crippen molar-refractivity contribution in [1.29, 1.82) is 0 Å². The Bertz CT molecular complexity index is 268. The molecule has 0 bridgehead atoms. The van der Waals surface area contributed by atoms with Crippen LogP contribution in [0.1, 0.15) is 19.2 Å². The van der Waals surface area contributed by atoms with Crippen molar-refractivity contribution >= 4 is 5.97 Å². The summed E-state index contributed by atoms with van der Waals surface area (Å²) in [6.07, 6.45) is 4.44. The largest absolute Gasteiger partial charge is 0.481 e. The first kappa shape index (κ1) is 8.77. The van der Waals surface area contributed by atoms with Crippen molar-refractivity contribution < 1.29 is 9.90 Å². The molecule has 0 radical (unpaired) electrons. The van der Waals surface area contributed by atoms with Gasteiger partial charge in [0, 0.05) is 18.9 Å². The van der Waals surface area contributed by atoms with E-state index in [-0.39, 0.29) is 6.42 Å². The van der Waals surface area contributed by atoms with Crippen LogP contribution in [0.2, 0.25) is 0 Å². The fourth-order valence-electron chi connectivity index (χ4n) is 1.09. The minimum absolute atomic E-state index is 0.00694. The number of imidazole rings is 1. The Morgan fingerprint density at radius 2 is 2.50 bits per heavy atom. The zero-order chi connectivity index (χ0) is 8.97. The lowest BCUT2D eigenvalue weighted by molar-refractivity contribution is -0.136. The fourth-order valence-corrected chi connectivity index (χ4v) is 1.09. The highest BCUT2D eigenvalue weighted by atomic mass is 16.4. The Hall–Kier alpha value is -1.32. The summed E-state index contributed by atoms with van der Waals surface area (Å²) < 4.78 is 1.87. The molecule has 0 amide bonds. The molecule has 0 unspecified atom stereocenters. The Labute approximate surface area is 70.9 Å². The molecule has 0 aliphatic carbocycles. The smallest absolute Gasteiger partial charge is 0.311 e. The van der Waals surface area contributed by atoms with Gasteiger partial charge in [-0.3, -0.25) is 4.79 Å². The van der Waals surface area contributed by atoms with Gasteiger partial charge in [0.2, 0.25) is 0 Å². The van der Waals surface area contributed by atoms with Gasteiger partial charge in [-0.2, -0.15) is 0 Å². The van der Waals surface area contributed by atoms with Crippen molar-refractivity contribution in [3.63, 3.8) is 0 Å². The second-order valence-corrected chi connectivity index (χ2v) is 2.61. The highest BCUT2D eigenvalue weighted by Gasteiger charge is 2.05. The van der Waals surface area contributed by atoms with E-state index in [4.69, 9.17) is 5.11 Å². The number of carboxylic acids is 1. The molecule has 4 nitrogen and oxygen atoms in total. The van der Waals surface area contributed by atoms with E-state index in [1.165, 1.54) is 0 Å². The van der Waals surface area contributed by atoms with Crippen LogP contribution in [0.15, 0.2) is 12.4 Å². The van der Waals surface area contributed by atoms with Crippen molar-refractivity contribution in [3.05, 3.63) is 18.2 Å². The highest BCUT2D eigenvalue weighted by Crippen LogP contribution is 1.99. The first-order valence-corrected chi connectivity index (χ1v) is 3.96. The van der Waals surface area contributed by atoms with Crippen LogP contribution in [0.4, 0.5) is 0 Å². The van der Waals surface area contributed by atoms with E-state index in [9.17, 15) is 4.79 Å². The van der Waals surface area contributed by atoms with E-state index < -0.39 is 5.97 Å². The highest BCUT2D eigenvalue weighted by molar-refractivity contribution is 5.69. The van der Waals surface area contributed by atoms with E-state index in [0.717, 1.165) is 13.0 Å². The summed E-state index contributed by atoms with van der Waals surface area (Å²) >= 11 is 0. The summed E-state index contributed by atoms with van der Waals surface area (Å²) in [7, 11) is 0. The van der Waals surface area contributed by atoms with E-state index in [2.05, 4.69) is 4.98 Å². The molecule has 66 valence electrons. The second kappa shape index (κ2) is 3.90. The molecule has 0 saturated carbocycles. The normalized spacial score (nSPS) is 10.1. The maximum atomic E-state index is 10.4. The van der Waals surface area contributed by atoms with Crippen LogP contribution < -0.4 is 0 Å². The molecule has 4 heteroatoms. The molecule has 0 aliphatic heterocycles. The van der Waals surface area contributed by atoms with Gasteiger partial charge in [0.15, 0.2) is 0 Å². The standard InChI is InChI=1S/C8H12N2O2/c1-2-4-10-5-3-9-7(10)6-8(11)12/h3,5H,2,4,6H2,1H3,(H,11,12). The minimum atomic E-state index is -0.835. The number of hydrogen-bond donors (Lipinski definition) is 1. The van der Waals surface area contributed by atoms with E-state index in [1.54, 1.807) is 6.20 Å². The minimum Gasteiger partial charge on any atom is -0.481 e. The van der Waals surface area contributed by atoms with Crippen molar-refractivity contribution in [3.8, 4) is 0 Å². The van der Waals surface area contributed by atoms with Gasteiger partial charge in [0.05, 0.1) is 0 Å². The van der Waals surface area contributed by atoms with Gasteiger partial charge in [-0.15, -0.1) is 0 Å². The number of carbonyl (C=O) groups is 1. The molecule has 0 atom stereocenters. The zero-order valence-electron chi connectivity index (χ0n) is 7.03. The Kier molecular flexibility index (Phi) is 2.85. The number of rotatable bonds is 4. The SMILES string of the molecule is CCCn1ccnc1CC(=O)O. The van der Waals surface area contributed by atoms with Gasteiger partial charge >= 0.3 is 5.97 Å². The molecular weight excluding hydrogens is 156 g/mol. The van der Waals surface area contributed by atoms with Crippen LogP contribution in [-0.4, -0.2) is 20.6 Å². The van der Waals surface area contributed by atoms with Crippen LogP contribution in [0.3, 0.4) is 0 Å². The van der Waals surface area contributed by atoms with Crippen molar-refractivity contribution in [2.45, 2.75) is 26.3 Å². The zero-order valence-corrected chi connectivity index (χ0v) is 7.03. The lowest BCUT2D eigenvalue weighted by Gasteiger charge is -2.02. The second-order valence-electron chi connectivity index (χ2n) is 2.61. The first-order chi connectivity index (χ1) is 5.74. The average Bonchev–Trinajstić information content (AvgIpc) is 2.37. The van der Waals surface area contributed by atoms with Crippen LogP contribution in [0, 0.1) is 0 Å². The van der Waals surface area contributed by atoms with E-state index in [1.807, 2.05) is 17.7 Å². The molecule has 0 spiro atoms. The maximum absolute atomic E-state index is 10.4. The molecule has 1 rings (SSSR count). The topological polar surface area (TPSA) is 55.1 Å². The number of aliphatic carboxylic acids is 1. The number of carboxylic acid groups (broad SMARTS) is 1. The van der Waals surface area contributed by atoms with Crippen molar-refractivity contribution in [2.24, 2.45) is 0 Å². The van der Waals surface area contributed by atoms with Gasteiger partial charge in [0.25, 0.3) is 0 Å². The number of hydrogen-bond acceptors (Lipinski definition) is 2. The Balaban J connectivity index is 2.69. The van der Waals surface area contributed by atoms with Crippen LogP contribution >= 0.6 is 0 Å². The van der Waals surface area contributed by atoms with Gasteiger partial charge < -0.3 is 9.67 Å². The molecule has 0 saturated heterocycles. The molecule has 1 aromatic heterocycles. The summed E-state index contributed by atoms with van der Waals surface area (Å²) in [5.41, 5.74) is 0. The average molecular weight is 168 g/mol. The van der Waals surface area contributed by atoms with Gasteiger partial charge in [-0.25, -0.2) is 4.98 Å². The summed E-state index contributed by atoms with van der Waals surface area (Å²) in [4.78, 5) is 14.3. The van der Waals surface area contributed by atoms with Crippen LogP contribution in [-0.2, 0) is 17.8 Å². The lowest BCUT2D eigenvalue weighted by Crippen LogP contribution is -2.08. The summed E-state index contributed by atoms with van der Waals surface area (Å²) in [6, 6.07) is 0. The van der Waals surface area contributed by atoms with Crippen molar-refractivity contribution in [1.82, 2.24) is 9.55 Å². The third-order valence-corrected chi connectivity index (χ3v) is 1.58. The number of aryl methyl sites for hydroxylation is 1. The monoisotopic (exact) mass is 168 g/mol. The summed E-state index contributed by atoms with van der Waals surface area (Å²) in [5, 5.41) is 8.52. The molecule has 1 heterocycles. The Morgan fingerprint density at radius 1 is 1.75 bits per heavy atom. The molecule has 1 N–H and O–H groups in total. The lowest BCUT2D eigenvalue weighted by atomic mass is 10.4. The number of aromatic nitrogens is 2. The molecule has 1 aromatic rings. The summed E-state index contributed by atoms with van der Waals surface area (Å²) in [5.74, 6) is -0.206. The molecule has 0 aliphatic rings. The predicted octanol–water partition coefficient (Wildman–Crippen LogP) is 0.920. The van der Waals surface area contributed by atoms with Gasteiger partial charge in [-0.05, 0) is 6.42 Å². The number of nitrogens with zero attached hydrogens (tertiary/aromatic N) is 2. The third-order valence-electron chi connectivity index (χ3n) is 1.58. The van der Waals surface area contributed by atoms with Crippen LogP contribution in [0.25, 0.3) is 0 Å². The molecule has 0 fully saturated rings. The molecular formula is C8H12N2O2. The quantitative estimate of drug-likeness (QED) is 0.727. The maximum Gasteiger partial charge on any atom is 0.311 e. The van der Waals surface area contributed by atoms with Gasteiger partial charge in [-0.1, -0.05) is 6.92 Å². The molecule has 0 aromatic carbocycles.